The summed E-state index contributed by atoms with van der Waals surface area (Å²) in [6, 6.07) is 3.20. The lowest BCUT2D eigenvalue weighted by molar-refractivity contribution is 0.304. The minimum atomic E-state index is 0. The highest BCUT2D eigenvalue weighted by atomic mass is 79.9. The van der Waals surface area contributed by atoms with Gasteiger partial charge in [0.15, 0.2) is 5.58 Å². The molecule has 0 spiro atoms. The predicted molar refractivity (Wildman–Crippen MR) is 86.2 cm³/mol. The van der Waals surface area contributed by atoms with Crippen molar-refractivity contribution >= 4 is 58.0 Å². The van der Waals surface area contributed by atoms with Crippen molar-refractivity contribution in [3.05, 3.63) is 16.7 Å². The maximum atomic E-state index is 5.84. The molecule has 2 saturated heterocycles. The molecule has 0 radical (unpaired) electrons. The summed E-state index contributed by atoms with van der Waals surface area (Å²) >= 11 is 3.40. The Morgan fingerprint density at radius 1 is 1.25 bits per heavy atom. The van der Waals surface area contributed by atoms with Crippen LogP contribution in [0, 0.1) is 0 Å². The van der Waals surface area contributed by atoms with Crippen LogP contribution in [0.1, 0.15) is 6.42 Å². The molecule has 0 N–H and O–H groups in total. The summed E-state index contributed by atoms with van der Waals surface area (Å²) in [5.74, 6) is 0. The van der Waals surface area contributed by atoms with Crippen LogP contribution in [-0.2, 0) is 0 Å². The van der Waals surface area contributed by atoms with E-state index in [4.69, 9.17) is 4.42 Å². The summed E-state index contributed by atoms with van der Waals surface area (Å²) in [4.78, 5) is 13.6. The van der Waals surface area contributed by atoms with E-state index in [9.17, 15) is 0 Å². The van der Waals surface area contributed by atoms with E-state index in [0.717, 1.165) is 35.7 Å². The van der Waals surface area contributed by atoms with Crippen molar-refractivity contribution in [1.29, 1.82) is 0 Å². The van der Waals surface area contributed by atoms with Crippen LogP contribution in [0.5, 0.6) is 0 Å². The smallest absolute Gasteiger partial charge is 0.300 e. The molecule has 20 heavy (non-hydrogen) atoms. The van der Waals surface area contributed by atoms with Crippen LogP contribution in [0.4, 0.5) is 6.01 Å². The van der Waals surface area contributed by atoms with E-state index in [2.05, 4.69) is 35.7 Å². The van der Waals surface area contributed by atoms with Gasteiger partial charge in [-0.1, -0.05) is 0 Å². The van der Waals surface area contributed by atoms with E-state index in [1.807, 2.05) is 6.07 Å². The summed E-state index contributed by atoms with van der Waals surface area (Å²) in [6.45, 7) is 4.44. The first-order chi connectivity index (χ1) is 8.79. The van der Waals surface area contributed by atoms with Crippen LogP contribution in [0.3, 0.4) is 0 Å². The van der Waals surface area contributed by atoms with Gasteiger partial charge in [-0.2, -0.15) is 4.98 Å². The molecular weight excluding hydrogens is 367 g/mol. The number of piperazine rings is 1. The molecule has 4 rings (SSSR count). The number of fused-ring (bicyclic) bond motifs is 3. The van der Waals surface area contributed by atoms with E-state index < -0.39 is 0 Å². The first kappa shape index (κ1) is 15.8. The Hall–Kier alpha value is -0.560. The van der Waals surface area contributed by atoms with Gasteiger partial charge in [0.05, 0.1) is 0 Å². The molecule has 110 valence electrons. The van der Waals surface area contributed by atoms with Gasteiger partial charge in [0.1, 0.15) is 0 Å². The second-order valence-corrected chi connectivity index (χ2v) is 5.82. The first-order valence-corrected chi connectivity index (χ1v) is 7.00. The van der Waals surface area contributed by atoms with Gasteiger partial charge in [-0.3, -0.25) is 4.90 Å². The Balaban J connectivity index is 0.000000735. The standard InChI is InChI=1S/C12H13BrN4O.2ClH/c13-8-5-10-11(14-6-8)15-12(18-10)17-4-3-16-2-1-9(17)7-16;;/h5-6,9H,1-4,7H2;2*1H/t9-;;/m1../s1. The number of pyridine rings is 1. The van der Waals surface area contributed by atoms with Crippen molar-refractivity contribution in [1.82, 2.24) is 14.9 Å². The Kier molecular flexibility index (Phi) is 4.79. The van der Waals surface area contributed by atoms with Crippen molar-refractivity contribution in [3.63, 3.8) is 0 Å². The summed E-state index contributed by atoms with van der Waals surface area (Å²) in [7, 11) is 0. The molecule has 0 aromatic carbocycles. The molecule has 0 aliphatic carbocycles. The average Bonchev–Trinajstić information content (AvgIpc) is 2.94. The predicted octanol–water partition coefficient (Wildman–Crippen LogP) is 2.72. The van der Waals surface area contributed by atoms with Crippen LogP contribution < -0.4 is 4.90 Å². The fourth-order valence-electron chi connectivity index (χ4n) is 2.86. The van der Waals surface area contributed by atoms with Crippen LogP contribution in [0.2, 0.25) is 0 Å². The largest absolute Gasteiger partial charge is 0.422 e. The topological polar surface area (TPSA) is 45.4 Å². The monoisotopic (exact) mass is 380 g/mol. The highest BCUT2D eigenvalue weighted by Crippen LogP contribution is 2.29. The van der Waals surface area contributed by atoms with Gasteiger partial charge < -0.3 is 9.32 Å². The van der Waals surface area contributed by atoms with Gasteiger partial charge in [0, 0.05) is 49.0 Å². The zero-order valence-corrected chi connectivity index (χ0v) is 13.9. The van der Waals surface area contributed by atoms with Crippen molar-refractivity contribution in [2.24, 2.45) is 0 Å². The quantitative estimate of drug-likeness (QED) is 0.759. The average molecular weight is 382 g/mol. The van der Waals surface area contributed by atoms with Gasteiger partial charge in [0.25, 0.3) is 6.01 Å². The molecule has 8 heteroatoms. The third-order valence-electron chi connectivity index (χ3n) is 3.79. The number of hydrogen-bond donors (Lipinski definition) is 0. The number of oxazole rings is 1. The van der Waals surface area contributed by atoms with Crippen LogP contribution in [0.15, 0.2) is 21.2 Å². The lowest BCUT2D eigenvalue weighted by Crippen LogP contribution is -2.46. The van der Waals surface area contributed by atoms with E-state index in [1.165, 1.54) is 13.0 Å². The summed E-state index contributed by atoms with van der Waals surface area (Å²) < 4.78 is 6.76. The first-order valence-electron chi connectivity index (χ1n) is 6.21. The Labute approximate surface area is 137 Å². The van der Waals surface area contributed by atoms with Gasteiger partial charge in [0.2, 0.25) is 5.65 Å². The van der Waals surface area contributed by atoms with Gasteiger partial charge in [-0.15, -0.1) is 24.8 Å². The highest BCUT2D eigenvalue weighted by Gasteiger charge is 2.34. The number of aromatic nitrogens is 2. The van der Waals surface area contributed by atoms with Crippen LogP contribution in [0.25, 0.3) is 11.2 Å². The van der Waals surface area contributed by atoms with Gasteiger partial charge in [-0.25, -0.2) is 4.98 Å². The summed E-state index contributed by atoms with van der Waals surface area (Å²) in [5, 5.41) is 0. The molecule has 2 aromatic heterocycles. The maximum absolute atomic E-state index is 5.84. The number of nitrogens with zero attached hydrogens (tertiary/aromatic N) is 4. The van der Waals surface area contributed by atoms with Crippen molar-refractivity contribution in [3.8, 4) is 0 Å². The van der Waals surface area contributed by atoms with Crippen LogP contribution >= 0.6 is 40.7 Å². The van der Waals surface area contributed by atoms with E-state index in [-0.39, 0.29) is 24.8 Å². The van der Waals surface area contributed by atoms with Gasteiger partial charge >= 0.3 is 0 Å². The lowest BCUT2D eigenvalue weighted by Gasteiger charge is -2.32. The molecule has 5 nitrogen and oxygen atoms in total. The molecule has 2 aromatic rings. The van der Waals surface area contributed by atoms with Gasteiger partial charge in [-0.05, 0) is 22.4 Å². The van der Waals surface area contributed by atoms with E-state index >= 15 is 0 Å². The number of hydrogen-bond acceptors (Lipinski definition) is 5. The molecule has 4 heterocycles. The SMILES string of the molecule is Brc1cnc2nc(N3CCN4CC[C@@H]3C4)oc2c1.Cl.Cl. The Bertz CT molecular complexity index is 608. The minimum absolute atomic E-state index is 0. The second-order valence-electron chi connectivity index (χ2n) is 4.91. The third kappa shape index (κ3) is 2.62. The lowest BCUT2D eigenvalue weighted by atomic mass is 10.2. The molecule has 2 bridgehead atoms. The molecule has 2 fully saturated rings. The highest BCUT2D eigenvalue weighted by molar-refractivity contribution is 9.10. The zero-order chi connectivity index (χ0) is 12.1. The zero-order valence-electron chi connectivity index (χ0n) is 10.7. The summed E-state index contributed by atoms with van der Waals surface area (Å²) in [5.41, 5.74) is 1.44. The number of halogens is 3. The number of rotatable bonds is 1. The molecule has 2 aliphatic heterocycles. The normalized spacial score (nSPS) is 24.4. The number of anilines is 1. The Morgan fingerprint density at radius 2 is 2.10 bits per heavy atom. The third-order valence-corrected chi connectivity index (χ3v) is 4.23. The summed E-state index contributed by atoms with van der Waals surface area (Å²) in [6.07, 6.45) is 2.96. The molecule has 2 atom stereocenters. The second kappa shape index (κ2) is 6.05. The maximum Gasteiger partial charge on any atom is 0.300 e. The molecule has 2 aliphatic rings. The fourth-order valence-corrected chi connectivity index (χ4v) is 3.17. The van der Waals surface area contributed by atoms with E-state index in [0.29, 0.717) is 11.7 Å². The van der Waals surface area contributed by atoms with E-state index in [1.54, 1.807) is 6.20 Å². The fraction of sp³-hybridized carbons (Fsp3) is 0.500. The van der Waals surface area contributed by atoms with Crippen molar-refractivity contribution < 1.29 is 4.42 Å². The molecule has 0 saturated carbocycles. The van der Waals surface area contributed by atoms with Crippen LogP contribution in [-0.4, -0.2) is 47.1 Å². The van der Waals surface area contributed by atoms with Crippen molar-refractivity contribution in [2.75, 3.05) is 31.1 Å². The molecule has 0 amide bonds. The minimum Gasteiger partial charge on any atom is -0.422 e. The van der Waals surface area contributed by atoms with Crippen molar-refractivity contribution in [2.45, 2.75) is 12.5 Å². The molecular formula is C12H15BrCl2N4O. The Morgan fingerprint density at radius 3 is 2.95 bits per heavy atom. The molecule has 1 unspecified atom stereocenters.